The van der Waals surface area contributed by atoms with Crippen molar-refractivity contribution in [1.29, 1.82) is 0 Å². The number of aliphatic hydroxyl groups excluding tert-OH is 1. The maximum atomic E-state index is 13.8. The fourth-order valence-electron chi connectivity index (χ4n) is 8.41. The van der Waals surface area contributed by atoms with Crippen LogP contribution in [0.25, 0.3) is 0 Å². The number of nitrogens with zero attached hydrogens (tertiary/aromatic N) is 1. The first kappa shape index (κ1) is 28.3. The second-order valence-corrected chi connectivity index (χ2v) is 16.0. The molecule has 2 N–H and O–H groups in total. The van der Waals surface area contributed by atoms with Crippen molar-refractivity contribution in [2.75, 3.05) is 24.6 Å². The van der Waals surface area contributed by atoms with Gasteiger partial charge in [0.1, 0.15) is 5.75 Å². The Bertz CT molecular complexity index is 1520. The lowest BCUT2D eigenvalue weighted by atomic mass is 9.68. The van der Waals surface area contributed by atoms with Gasteiger partial charge in [-0.3, -0.25) is 9.52 Å². The summed E-state index contributed by atoms with van der Waals surface area (Å²) in [6.45, 7) is 2.08. The summed E-state index contributed by atoms with van der Waals surface area (Å²) in [4.78, 5) is 16.0. The predicted octanol–water partition coefficient (Wildman–Crippen LogP) is 5.69. The number of ether oxygens (including phenoxy) is 1. The van der Waals surface area contributed by atoms with E-state index in [0.29, 0.717) is 18.1 Å². The fourth-order valence-corrected chi connectivity index (χ4v) is 10.6. The first-order valence-corrected chi connectivity index (χ1v) is 17.7. The number of benzene rings is 2. The second kappa shape index (κ2) is 10.9. The molecule has 42 heavy (non-hydrogen) atoms. The fraction of sp³-hybridized carbons (Fsp3) is 0.529. The molecule has 2 saturated carbocycles. The van der Waals surface area contributed by atoms with E-state index in [9.17, 15) is 14.1 Å². The Labute approximate surface area is 254 Å². The molecule has 2 fully saturated rings. The number of fused-ring (bicyclic) bond motifs is 5. The molecular weight excluding hydrogens is 568 g/mol. The Hall–Kier alpha value is -2.48. The number of carbonyl (C=O) groups excluding carboxylic acids is 1. The highest BCUT2D eigenvalue weighted by Gasteiger charge is 2.44. The van der Waals surface area contributed by atoms with Gasteiger partial charge in [-0.2, -0.15) is 0 Å². The zero-order chi connectivity index (χ0) is 29.1. The van der Waals surface area contributed by atoms with Gasteiger partial charge in [-0.05, 0) is 116 Å². The van der Waals surface area contributed by atoms with Crippen molar-refractivity contribution in [2.45, 2.75) is 74.6 Å². The number of anilines is 1. The molecule has 1 amide bonds. The highest BCUT2D eigenvalue weighted by atomic mass is 35.5. The predicted molar refractivity (Wildman–Crippen MR) is 170 cm³/mol. The van der Waals surface area contributed by atoms with Crippen LogP contribution in [0.15, 0.2) is 48.6 Å². The minimum absolute atomic E-state index is 0.173. The van der Waals surface area contributed by atoms with E-state index in [2.05, 4.69) is 33.7 Å². The van der Waals surface area contributed by atoms with E-state index in [1.807, 2.05) is 24.3 Å². The largest absolute Gasteiger partial charge is 0.490 e. The summed E-state index contributed by atoms with van der Waals surface area (Å²) in [6, 6.07) is 11.8. The van der Waals surface area contributed by atoms with E-state index in [1.54, 1.807) is 6.07 Å². The number of nitrogens with one attached hydrogen (secondary N) is 1. The highest BCUT2D eigenvalue weighted by Crippen LogP contribution is 2.47. The summed E-state index contributed by atoms with van der Waals surface area (Å²) in [7, 11) is -2.86. The van der Waals surface area contributed by atoms with Crippen LogP contribution in [0.5, 0.6) is 5.75 Å². The molecule has 0 radical (unpaired) electrons. The number of hydrogen-bond donors (Lipinski definition) is 2. The Balaban J connectivity index is 1.29. The molecule has 8 heteroatoms. The van der Waals surface area contributed by atoms with Crippen LogP contribution in [0.1, 0.15) is 72.9 Å². The molecule has 1 spiro atoms. The number of hydrogen-bond acceptors (Lipinski definition) is 5. The molecule has 7 rings (SSSR count). The van der Waals surface area contributed by atoms with Crippen LogP contribution >= 0.6 is 11.6 Å². The third-order valence-corrected chi connectivity index (χ3v) is 13.1. The van der Waals surface area contributed by atoms with Crippen molar-refractivity contribution in [1.82, 2.24) is 4.72 Å². The third-order valence-electron chi connectivity index (χ3n) is 10.8. The number of amides is 1. The van der Waals surface area contributed by atoms with Gasteiger partial charge in [-0.15, -0.1) is 0 Å². The van der Waals surface area contributed by atoms with Gasteiger partial charge in [-0.25, -0.2) is 4.21 Å². The minimum atomic E-state index is -2.86. The van der Waals surface area contributed by atoms with E-state index in [0.717, 1.165) is 87.3 Å². The molecule has 2 aliphatic heterocycles. The molecule has 7 atom stereocenters. The topological polar surface area (TPSA) is 78.9 Å². The quantitative estimate of drug-likeness (QED) is 0.297. The Morgan fingerprint density at radius 1 is 1.10 bits per heavy atom. The summed E-state index contributed by atoms with van der Waals surface area (Å²) >= 11 is 6.41. The molecule has 0 saturated heterocycles. The summed E-state index contributed by atoms with van der Waals surface area (Å²) in [5.41, 5.74) is 3.73. The average molecular weight is 609 g/mol. The monoisotopic (exact) mass is 608 g/mol. The Kier molecular flexibility index (Phi) is 7.35. The van der Waals surface area contributed by atoms with Crippen LogP contribution in [-0.2, 0) is 21.5 Å². The standard InChI is InChI=1S/C34H41ClN2O4S/c1-42(40)32-9-3-6-22(32)5-2-8-30(38)27-13-10-25(27)19-37-20-34(16-4-7-23-17-26(35)12-14-28(23)34)21-41-31-15-11-24(18-29(31)37)33(39)36-42/h2,8,11-12,14-15,17-18,22,25,27,30,32,38H,1,3-7,9-10,13,16,19-21H2,(H,36,39,40)/b8-2+/t22-,25-,27+,30-,32-,34-,42?/m0/s1. The van der Waals surface area contributed by atoms with Crippen LogP contribution in [0.4, 0.5) is 5.69 Å². The number of carbonyl (C=O) groups is 1. The van der Waals surface area contributed by atoms with E-state index in [-0.39, 0.29) is 28.4 Å². The van der Waals surface area contributed by atoms with Crippen molar-refractivity contribution in [3.63, 3.8) is 0 Å². The van der Waals surface area contributed by atoms with Gasteiger partial charge >= 0.3 is 0 Å². The molecule has 2 bridgehead atoms. The smallest absolute Gasteiger partial charge is 0.262 e. The van der Waals surface area contributed by atoms with Crippen LogP contribution in [0, 0.1) is 17.8 Å². The molecular formula is C34H41ClN2O4S. The van der Waals surface area contributed by atoms with Crippen molar-refractivity contribution in [3.05, 3.63) is 70.3 Å². The SMILES string of the molecule is C=S1(=O)NC(=O)c2ccc3c(c2)N(C[C@@H]2CC[C@H]2[C@@H](O)/C=C/C[C@H]2CCC[C@@H]21)C[C@@]1(CCCc2cc(Cl)ccc21)CO3. The first-order valence-electron chi connectivity index (χ1n) is 15.6. The zero-order valence-corrected chi connectivity index (χ0v) is 25.7. The lowest BCUT2D eigenvalue weighted by Crippen LogP contribution is -2.49. The third kappa shape index (κ3) is 5.05. The molecule has 224 valence electrons. The van der Waals surface area contributed by atoms with Crippen LogP contribution < -0.4 is 14.4 Å². The molecule has 1 unspecified atom stereocenters. The number of allylic oxidation sites excluding steroid dienone is 1. The molecule has 2 aromatic carbocycles. The van der Waals surface area contributed by atoms with Crippen molar-refractivity contribution in [2.24, 2.45) is 17.8 Å². The van der Waals surface area contributed by atoms with Crippen LogP contribution in [0.2, 0.25) is 5.02 Å². The highest BCUT2D eigenvalue weighted by molar-refractivity contribution is 7.99. The van der Waals surface area contributed by atoms with Gasteiger partial charge in [0.15, 0.2) is 0 Å². The average Bonchev–Trinajstić information content (AvgIpc) is 3.37. The summed E-state index contributed by atoms with van der Waals surface area (Å²) < 4.78 is 23.3. The first-order chi connectivity index (χ1) is 20.2. The number of halogens is 1. The minimum Gasteiger partial charge on any atom is -0.490 e. The van der Waals surface area contributed by atoms with Crippen LogP contribution in [-0.4, -0.2) is 52.1 Å². The molecule has 3 aliphatic carbocycles. The summed E-state index contributed by atoms with van der Waals surface area (Å²) in [5.74, 6) is 5.17. The second-order valence-electron chi connectivity index (χ2n) is 13.3. The lowest BCUT2D eigenvalue weighted by molar-refractivity contribution is 0.0455. The maximum Gasteiger partial charge on any atom is 0.262 e. The maximum absolute atomic E-state index is 13.8. The molecule has 0 aromatic heterocycles. The number of aliphatic hydroxyl groups is 1. The summed E-state index contributed by atoms with van der Waals surface area (Å²) in [5, 5.41) is 11.8. The molecule has 5 aliphatic rings. The van der Waals surface area contributed by atoms with Gasteiger partial charge in [0.25, 0.3) is 5.91 Å². The van der Waals surface area contributed by atoms with Crippen molar-refractivity contribution in [3.8, 4) is 5.75 Å². The Morgan fingerprint density at radius 2 is 1.98 bits per heavy atom. The van der Waals surface area contributed by atoms with Crippen molar-refractivity contribution >= 4 is 38.8 Å². The van der Waals surface area contributed by atoms with Crippen molar-refractivity contribution < 1.29 is 18.8 Å². The normalized spacial score (nSPS) is 36.9. The van der Waals surface area contributed by atoms with E-state index >= 15 is 0 Å². The summed E-state index contributed by atoms with van der Waals surface area (Å²) in [6.07, 6.45) is 12.1. The Morgan fingerprint density at radius 3 is 2.81 bits per heavy atom. The molecule has 2 heterocycles. The molecule has 6 nitrogen and oxygen atoms in total. The number of aryl methyl sites for hydroxylation is 1. The van der Waals surface area contributed by atoms with Crippen LogP contribution in [0.3, 0.4) is 0 Å². The zero-order valence-electron chi connectivity index (χ0n) is 24.1. The molecule has 2 aromatic rings. The van der Waals surface area contributed by atoms with E-state index in [1.165, 1.54) is 11.1 Å². The van der Waals surface area contributed by atoms with E-state index < -0.39 is 15.8 Å². The van der Waals surface area contributed by atoms with Gasteiger partial charge in [-0.1, -0.05) is 36.2 Å². The number of rotatable bonds is 0. The van der Waals surface area contributed by atoms with Gasteiger partial charge < -0.3 is 14.7 Å². The lowest BCUT2D eigenvalue weighted by Gasteiger charge is -2.45. The van der Waals surface area contributed by atoms with Gasteiger partial charge in [0, 0.05) is 34.3 Å². The van der Waals surface area contributed by atoms with Gasteiger partial charge in [0.2, 0.25) is 0 Å². The van der Waals surface area contributed by atoms with E-state index in [4.69, 9.17) is 16.3 Å². The van der Waals surface area contributed by atoms with Gasteiger partial charge in [0.05, 0.1) is 28.1 Å².